The monoisotopic (exact) mass is 313 g/mol. The molecule has 0 radical (unpaired) electrons. The molecule has 0 atom stereocenters. The summed E-state index contributed by atoms with van der Waals surface area (Å²) in [6, 6.07) is 11.5. The van der Waals surface area contributed by atoms with Crippen LogP contribution in [0.1, 0.15) is 15.9 Å². The first-order valence-corrected chi connectivity index (χ1v) is 7.49. The Kier molecular flexibility index (Phi) is 4.39. The van der Waals surface area contributed by atoms with E-state index in [1.165, 1.54) is 11.9 Å². The average Bonchev–Trinajstić information content (AvgIpc) is 3.08. The molecular weight excluding hydrogens is 298 g/mol. The third kappa shape index (κ3) is 3.46. The molecule has 1 aliphatic heterocycles. The lowest BCUT2D eigenvalue weighted by Gasteiger charge is -2.18. The lowest BCUT2D eigenvalue weighted by Crippen LogP contribution is -2.23. The number of hydrogen-bond acceptors (Lipinski definition) is 3. The summed E-state index contributed by atoms with van der Waals surface area (Å²) in [7, 11) is 0. The van der Waals surface area contributed by atoms with Crippen LogP contribution >= 0.6 is 11.6 Å². The number of hydrogen-bond donors (Lipinski definition) is 1. The molecular formula is C17H16ClN3O. The smallest absolute Gasteiger partial charge is 0.253 e. The Morgan fingerprint density at radius 1 is 1.23 bits per heavy atom. The third-order valence-corrected chi connectivity index (χ3v) is 3.76. The van der Waals surface area contributed by atoms with E-state index in [1.807, 2.05) is 12.1 Å². The van der Waals surface area contributed by atoms with E-state index in [1.54, 1.807) is 12.1 Å². The quantitative estimate of drug-likeness (QED) is 0.697. The van der Waals surface area contributed by atoms with Crippen LogP contribution in [0.5, 0.6) is 0 Å². The molecule has 112 valence electrons. The van der Waals surface area contributed by atoms with Gasteiger partial charge in [-0.05, 0) is 29.8 Å². The van der Waals surface area contributed by atoms with Crippen molar-refractivity contribution >= 4 is 23.2 Å². The molecule has 2 heterocycles. The largest absolute Gasteiger partial charge is 0.364 e. The number of carbonyl (C=O) groups is 1. The minimum atomic E-state index is -0.155. The minimum absolute atomic E-state index is 0.155. The molecule has 1 N–H and O–H groups in total. The number of pyridine rings is 1. The van der Waals surface area contributed by atoms with Crippen molar-refractivity contribution < 1.29 is 4.79 Å². The van der Waals surface area contributed by atoms with Crippen molar-refractivity contribution in [2.24, 2.45) is 0 Å². The van der Waals surface area contributed by atoms with Gasteiger partial charge >= 0.3 is 0 Å². The summed E-state index contributed by atoms with van der Waals surface area (Å²) in [4.78, 5) is 18.2. The van der Waals surface area contributed by atoms with Crippen LogP contribution < -0.4 is 10.2 Å². The summed E-state index contributed by atoms with van der Waals surface area (Å²) >= 11 is 5.72. The van der Waals surface area contributed by atoms with Crippen molar-refractivity contribution in [1.29, 1.82) is 0 Å². The summed E-state index contributed by atoms with van der Waals surface area (Å²) in [6.45, 7) is 2.36. The molecule has 0 fully saturated rings. The van der Waals surface area contributed by atoms with Crippen LogP contribution in [-0.2, 0) is 6.54 Å². The first kappa shape index (κ1) is 14.6. The fourth-order valence-corrected chi connectivity index (χ4v) is 2.46. The maximum atomic E-state index is 12.1. The highest BCUT2D eigenvalue weighted by Gasteiger charge is 2.09. The highest BCUT2D eigenvalue weighted by Crippen LogP contribution is 2.18. The first-order chi connectivity index (χ1) is 10.7. The van der Waals surface area contributed by atoms with Gasteiger partial charge in [-0.2, -0.15) is 0 Å². The molecule has 0 unspecified atom stereocenters. The van der Waals surface area contributed by atoms with Gasteiger partial charge < -0.3 is 10.2 Å². The lowest BCUT2D eigenvalue weighted by molar-refractivity contribution is 0.0950. The topological polar surface area (TPSA) is 45.2 Å². The fraction of sp³-hybridized carbons (Fsp3) is 0.176. The number of aromatic nitrogens is 1. The molecule has 2 aromatic rings. The highest BCUT2D eigenvalue weighted by molar-refractivity contribution is 6.29. The molecule has 0 spiro atoms. The van der Waals surface area contributed by atoms with Crippen LogP contribution in [0.15, 0.2) is 54.7 Å². The highest BCUT2D eigenvalue weighted by atomic mass is 35.5. The van der Waals surface area contributed by atoms with Gasteiger partial charge in [0.1, 0.15) is 5.15 Å². The minimum Gasteiger partial charge on any atom is -0.364 e. The summed E-state index contributed by atoms with van der Waals surface area (Å²) < 4.78 is 0. The molecule has 0 bridgehead atoms. The SMILES string of the molecule is O=C(NCc1cccc(N2CC=CC2)c1)c1ccc(Cl)nc1. The Hall–Kier alpha value is -2.33. The molecule has 1 amide bonds. The first-order valence-electron chi connectivity index (χ1n) is 7.11. The number of rotatable bonds is 4. The summed E-state index contributed by atoms with van der Waals surface area (Å²) in [5.74, 6) is -0.155. The Morgan fingerprint density at radius 2 is 2.05 bits per heavy atom. The van der Waals surface area contributed by atoms with Gasteiger partial charge in [0.05, 0.1) is 5.56 Å². The third-order valence-electron chi connectivity index (χ3n) is 3.54. The van der Waals surface area contributed by atoms with E-state index in [4.69, 9.17) is 11.6 Å². The molecule has 5 heteroatoms. The molecule has 0 aliphatic carbocycles. The molecule has 1 aliphatic rings. The van der Waals surface area contributed by atoms with E-state index >= 15 is 0 Å². The molecule has 0 saturated carbocycles. The van der Waals surface area contributed by atoms with Crippen molar-refractivity contribution in [3.05, 3.63) is 71.0 Å². The number of anilines is 1. The zero-order valence-electron chi connectivity index (χ0n) is 12.0. The molecule has 22 heavy (non-hydrogen) atoms. The van der Waals surface area contributed by atoms with E-state index in [2.05, 4.69) is 39.5 Å². The standard InChI is InChI=1S/C17H16ClN3O/c18-16-7-6-14(12-19-16)17(22)20-11-13-4-3-5-15(10-13)21-8-1-2-9-21/h1-7,10,12H,8-9,11H2,(H,20,22). The van der Waals surface area contributed by atoms with Gasteiger partial charge in [-0.3, -0.25) is 4.79 Å². The van der Waals surface area contributed by atoms with Gasteiger partial charge in [-0.15, -0.1) is 0 Å². The fourth-order valence-electron chi connectivity index (χ4n) is 2.35. The van der Waals surface area contributed by atoms with Crippen LogP contribution in [0.4, 0.5) is 5.69 Å². The zero-order chi connectivity index (χ0) is 15.4. The molecule has 0 saturated heterocycles. The van der Waals surface area contributed by atoms with Crippen LogP contribution in [0, 0.1) is 0 Å². The Balaban J connectivity index is 1.62. The Labute approximate surface area is 134 Å². The second-order valence-corrected chi connectivity index (χ2v) is 5.49. The lowest BCUT2D eigenvalue weighted by atomic mass is 10.2. The maximum Gasteiger partial charge on any atom is 0.253 e. The number of halogens is 1. The van der Waals surface area contributed by atoms with Gasteiger partial charge in [0.15, 0.2) is 0 Å². The predicted octanol–water partition coefficient (Wildman–Crippen LogP) is 3.04. The Morgan fingerprint density at radius 3 is 2.77 bits per heavy atom. The summed E-state index contributed by atoms with van der Waals surface area (Å²) in [6.07, 6.45) is 5.79. The van der Waals surface area contributed by atoms with E-state index < -0.39 is 0 Å². The predicted molar refractivity (Wildman–Crippen MR) is 88.2 cm³/mol. The van der Waals surface area contributed by atoms with Crippen LogP contribution in [0.25, 0.3) is 0 Å². The van der Waals surface area contributed by atoms with Crippen LogP contribution in [0.3, 0.4) is 0 Å². The number of carbonyl (C=O) groups excluding carboxylic acids is 1. The van der Waals surface area contributed by atoms with E-state index in [9.17, 15) is 4.79 Å². The van der Waals surface area contributed by atoms with Crippen LogP contribution in [0.2, 0.25) is 5.15 Å². The van der Waals surface area contributed by atoms with Crippen LogP contribution in [-0.4, -0.2) is 24.0 Å². The van der Waals surface area contributed by atoms with E-state index in [0.29, 0.717) is 17.3 Å². The molecule has 3 rings (SSSR count). The van der Waals surface area contributed by atoms with Gasteiger partial charge in [-0.1, -0.05) is 35.9 Å². The normalized spacial score (nSPS) is 13.4. The van der Waals surface area contributed by atoms with E-state index in [-0.39, 0.29) is 5.91 Å². The number of benzene rings is 1. The van der Waals surface area contributed by atoms with E-state index in [0.717, 1.165) is 18.7 Å². The van der Waals surface area contributed by atoms with Crippen molar-refractivity contribution in [2.75, 3.05) is 18.0 Å². The summed E-state index contributed by atoms with van der Waals surface area (Å²) in [5, 5.41) is 3.27. The van der Waals surface area contributed by atoms with Crippen molar-refractivity contribution in [1.82, 2.24) is 10.3 Å². The molecule has 1 aromatic carbocycles. The number of amides is 1. The Bertz CT molecular complexity index is 689. The number of nitrogens with one attached hydrogen (secondary N) is 1. The second-order valence-electron chi connectivity index (χ2n) is 5.10. The zero-order valence-corrected chi connectivity index (χ0v) is 12.8. The van der Waals surface area contributed by atoms with Gasteiger partial charge in [0.2, 0.25) is 0 Å². The average molecular weight is 314 g/mol. The van der Waals surface area contributed by atoms with Crippen molar-refractivity contribution in [3.63, 3.8) is 0 Å². The van der Waals surface area contributed by atoms with Gasteiger partial charge in [0.25, 0.3) is 5.91 Å². The summed E-state index contributed by atoms with van der Waals surface area (Å²) in [5.41, 5.74) is 2.74. The molecule has 4 nitrogen and oxygen atoms in total. The number of nitrogens with zero attached hydrogens (tertiary/aromatic N) is 2. The molecule has 1 aromatic heterocycles. The van der Waals surface area contributed by atoms with Crippen molar-refractivity contribution in [2.45, 2.75) is 6.54 Å². The second kappa shape index (κ2) is 6.62. The van der Waals surface area contributed by atoms with Gasteiger partial charge in [-0.25, -0.2) is 4.98 Å². The van der Waals surface area contributed by atoms with Crippen molar-refractivity contribution in [3.8, 4) is 0 Å². The maximum absolute atomic E-state index is 12.1. The van der Waals surface area contributed by atoms with Gasteiger partial charge in [0, 0.05) is 31.5 Å².